The average molecular weight is 406 g/mol. The number of hydrogen-bond donors (Lipinski definition) is 1. The number of thiophene rings is 1. The standard InChI is InChI=1S/C19H23N3O3S2/c23-19-7-4-15-13-17(5-6-18(15)20-19)27(24,25)22-9-2-8-21(10-11-22)14-16-3-1-12-26-16/h1,3,5-6,12-13H,2,4,7-11,14H2,(H,20,23). The molecule has 3 heterocycles. The van der Waals surface area contributed by atoms with Crippen molar-refractivity contribution in [2.45, 2.75) is 30.7 Å². The zero-order valence-corrected chi connectivity index (χ0v) is 16.7. The number of nitrogens with zero attached hydrogens (tertiary/aromatic N) is 2. The number of benzene rings is 1. The Morgan fingerprint density at radius 2 is 1.96 bits per heavy atom. The summed E-state index contributed by atoms with van der Waals surface area (Å²) in [6.45, 7) is 3.56. The van der Waals surface area contributed by atoms with Crippen LogP contribution in [0.15, 0.2) is 40.6 Å². The summed E-state index contributed by atoms with van der Waals surface area (Å²) in [7, 11) is -3.52. The molecule has 8 heteroatoms. The molecule has 1 aromatic heterocycles. The molecule has 0 spiro atoms. The van der Waals surface area contributed by atoms with E-state index in [2.05, 4.69) is 21.7 Å². The highest BCUT2D eigenvalue weighted by molar-refractivity contribution is 7.89. The van der Waals surface area contributed by atoms with Crippen molar-refractivity contribution in [2.75, 3.05) is 31.5 Å². The van der Waals surface area contributed by atoms with E-state index in [0.717, 1.165) is 37.3 Å². The molecule has 2 aliphatic rings. The van der Waals surface area contributed by atoms with E-state index in [1.807, 2.05) is 6.07 Å². The number of sulfonamides is 1. The highest BCUT2D eigenvalue weighted by Gasteiger charge is 2.28. The molecule has 27 heavy (non-hydrogen) atoms. The Balaban J connectivity index is 1.48. The Morgan fingerprint density at radius 3 is 2.78 bits per heavy atom. The first kappa shape index (κ1) is 18.6. The van der Waals surface area contributed by atoms with Crippen LogP contribution in [0.25, 0.3) is 0 Å². The van der Waals surface area contributed by atoms with E-state index >= 15 is 0 Å². The van der Waals surface area contributed by atoms with E-state index in [4.69, 9.17) is 0 Å². The molecule has 1 N–H and O–H groups in total. The van der Waals surface area contributed by atoms with Gasteiger partial charge in [-0.05, 0) is 54.6 Å². The summed E-state index contributed by atoms with van der Waals surface area (Å²) in [4.78, 5) is 15.5. The average Bonchev–Trinajstić information content (AvgIpc) is 3.04. The van der Waals surface area contributed by atoms with Gasteiger partial charge in [-0.2, -0.15) is 4.31 Å². The van der Waals surface area contributed by atoms with Crippen molar-refractivity contribution in [3.8, 4) is 0 Å². The Bertz CT molecular complexity index is 926. The molecule has 0 bridgehead atoms. The van der Waals surface area contributed by atoms with E-state index in [9.17, 15) is 13.2 Å². The van der Waals surface area contributed by atoms with Crippen LogP contribution in [-0.4, -0.2) is 49.7 Å². The Morgan fingerprint density at radius 1 is 1.07 bits per heavy atom. The van der Waals surface area contributed by atoms with Gasteiger partial charge in [-0.25, -0.2) is 8.42 Å². The Kier molecular flexibility index (Phi) is 5.32. The molecule has 4 rings (SSSR count). The molecular formula is C19H23N3O3S2. The predicted octanol–water partition coefficient (Wildman–Crippen LogP) is 2.53. The Labute approximate surface area is 163 Å². The third kappa shape index (κ3) is 4.08. The van der Waals surface area contributed by atoms with Crippen molar-refractivity contribution in [2.24, 2.45) is 0 Å². The van der Waals surface area contributed by atoms with Gasteiger partial charge in [-0.3, -0.25) is 9.69 Å². The maximum atomic E-state index is 13.1. The van der Waals surface area contributed by atoms with Gasteiger partial charge in [0, 0.05) is 43.2 Å². The van der Waals surface area contributed by atoms with Crippen molar-refractivity contribution in [3.63, 3.8) is 0 Å². The van der Waals surface area contributed by atoms with Crippen LogP contribution in [-0.2, 0) is 27.8 Å². The number of carbonyl (C=O) groups excluding carboxylic acids is 1. The zero-order chi connectivity index (χ0) is 18.9. The zero-order valence-electron chi connectivity index (χ0n) is 15.1. The Hall–Kier alpha value is -1.74. The van der Waals surface area contributed by atoms with E-state index < -0.39 is 10.0 Å². The number of anilines is 1. The van der Waals surface area contributed by atoms with Crippen molar-refractivity contribution >= 4 is 33.0 Å². The molecule has 2 aromatic rings. The minimum absolute atomic E-state index is 0.0172. The molecule has 0 atom stereocenters. The fourth-order valence-corrected chi connectivity index (χ4v) is 5.90. The lowest BCUT2D eigenvalue weighted by Gasteiger charge is -2.23. The van der Waals surface area contributed by atoms with Gasteiger partial charge in [0.05, 0.1) is 4.90 Å². The second-order valence-electron chi connectivity index (χ2n) is 6.98. The highest BCUT2D eigenvalue weighted by atomic mass is 32.2. The van der Waals surface area contributed by atoms with E-state index in [1.165, 1.54) is 4.88 Å². The van der Waals surface area contributed by atoms with Crippen LogP contribution in [0.2, 0.25) is 0 Å². The van der Waals surface area contributed by atoms with Crippen molar-refractivity contribution < 1.29 is 13.2 Å². The summed E-state index contributed by atoms with van der Waals surface area (Å²) in [6, 6.07) is 9.20. The minimum atomic E-state index is -3.52. The lowest BCUT2D eigenvalue weighted by atomic mass is 10.0. The van der Waals surface area contributed by atoms with Crippen LogP contribution in [0.5, 0.6) is 0 Å². The lowest BCUT2D eigenvalue weighted by Crippen LogP contribution is -2.35. The molecule has 1 saturated heterocycles. The first-order chi connectivity index (χ1) is 13.0. The van der Waals surface area contributed by atoms with Gasteiger partial charge in [0.25, 0.3) is 0 Å². The fraction of sp³-hybridized carbons (Fsp3) is 0.421. The molecule has 0 saturated carbocycles. The number of nitrogens with one attached hydrogen (secondary N) is 1. The largest absolute Gasteiger partial charge is 0.326 e. The molecule has 0 radical (unpaired) electrons. The van der Waals surface area contributed by atoms with Gasteiger partial charge in [-0.15, -0.1) is 11.3 Å². The molecule has 6 nitrogen and oxygen atoms in total. The molecule has 1 fully saturated rings. The molecule has 144 valence electrons. The molecule has 1 aromatic carbocycles. The number of amides is 1. The van der Waals surface area contributed by atoms with Crippen molar-refractivity contribution in [3.05, 3.63) is 46.2 Å². The highest BCUT2D eigenvalue weighted by Crippen LogP contribution is 2.27. The van der Waals surface area contributed by atoms with Crippen molar-refractivity contribution in [1.29, 1.82) is 0 Å². The third-order valence-electron chi connectivity index (χ3n) is 5.12. The molecule has 1 amide bonds. The number of fused-ring (bicyclic) bond motifs is 1. The topological polar surface area (TPSA) is 69.7 Å². The summed E-state index contributed by atoms with van der Waals surface area (Å²) in [5.41, 5.74) is 1.62. The maximum Gasteiger partial charge on any atom is 0.243 e. The van der Waals surface area contributed by atoms with Crippen LogP contribution in [0.3, 0.4) is 0 Å². The van der Waals surface area contributed by atoms with Gasteiger partial charge in [-0.1, -0.05) is 6.07 Å². The lowest BCUT2D eigenvalue weighted by molar-refractivity contribution is -0.116. The quantitative estimate of drug-likeness (QED) is 0.849. The normalized spacial score (nSPS) is 19.3. The molecule has 2 aliphatic heterocycles. The second-order valence-corrected chi connectivity index (χ2v) is 9.95. The maximum absolute atomic E-state index is 13.1. The van der Waals surface area contributed by atoms with Gasteiger partial charge in [0.15, 0.2) is 0 Å². The van der Waals surface area contributed by atoms with Crippen LogP contribution in [0.4, 0.5) is 5.69 Å². The summed E-state index contributed by atoms with van der Waals surface area (Å²) >= 11 is 1.74. The summed E-state index contributed by atoms with van der Waals surface area (Å²) in [5, 5.41) is 4.87. The van der Waals surface area contributed by atoms with Crippen LogP contribution in [0, 0.1) is 0 Å². The summed E-state index contributed by atoms with van der Waals surface area (Å²) < 4.78 is 27.9. The SMILES string of the molecule is O=C1CCc2cc(S(=O)(=O)N3CCCN(Cc4cccs4)CC3)ccc2N1. The van der Waals surface area contributed by atoms with Crippen LogP contribution < -0.4 is 5.32 Å². The summed E-state index contributed by atoms with van der Waals surface area (Å²) in [6.07, 6.45) is 1.81. The third-order valence-corrected chi connectivity index (χ3v) is 7.87. The predicted molar refractivity (Wildman–Crippen MR) is 106 cm³/mol. The number of hydrogen-bond acceptors (Lipinski definition) is 5. The van der Waals surface area contributed by atoms with Gasteiger partial charge in [0.1, 0.15) is 0 Å². The minimum Gasteiger partial charge on any atom is -0.326 e. The van der Waals surface area contributed by atoms with Crippen molar-refractivity contribution in [1.82, 2.24) is 9.21 Å². The van der Waals surface area contributed by atoms with Crippen LogP contribution in [0.1, 0.15) is 23.3 Å². The number of aryl methyl sites for hydroxylation is 1. The summed E-state index contributed by atoms with van der Waals surface area (Å²) in [5.74, 6) is -0.0172. The number of carbonyl (C=O) groups is 1. The molecule has 0 unspecified atom stereocenters. The van der Waals surface area contributed by atoms with E-state index in [-0.39, 0.29) is 5.91 Å². The van der Waals surface area contributed by atoms with Gasteiger partial charge in [0.2, 0.25) is 15.9 Å². The van der Waals surface area contributed by atoms with Crippen LogP contribution >= 0.6 is 11.3 Å². The molecule has 0 aliphatic carbocycles. The second kappa shape index (κ2) is 7.71. The van der Waals surface area contributed by atoms with Gasteiger partial charge < -0.3 is 5.32 Å². The first-order valence-electron chi connectivity index (χ1n) is 9.20. The van der Waals surface area contributed by atoms with E-state index in [1.54, 1.807) is 33.8 Å². The monoisotopic (exact) mass is 405 g/mol. The number of rotatable bonds is 4. The first-order valence-corrected chi connectivity index (χ1v) is 11.5. The van der Waals surface area contributed by atoms with Gasteiger partial charge >= 0.3 is 0 Å². The fourth-order valence-electron chi connectivity index (χ4n) is 3.64. The molecular weight excluding hydrogens is 382 g/mol. The smallest absolute Gasteiger partial charge is 0.243 e. The van der Waals surface area contributed by atoms with E-state index in [0.29, 0.717) is 30.8 Å².